The minimum atomic E-state index is 0.341. The number of benzene rings is 1. The Hall–Kier alpha value is -1.48. The maximum absolute atomic E-state index is 10.1. The van der Waals surface area contributed by atoms with E-state index >= 15 is 0 Å². The molecule has 0 fully saturated rings. The summed E-state index contributed by atoms with van der Waals surface area (Å²) in [4.78, 5) is 0. The number of nitrogens with one attached hydrogen (secondary N) is 1. The Kier molecular flexibility index (Phi) is 3.62. The van der Waals surface area contributed by atoms with Gasteiger partial charge in [0.1, 0.15) is 5.75 Å². The first kappa shape index (κ1) is 13.0. The normalized spacial score (nSPS) is 11.9. The quantitative estimate of drug-likeness (QED) is 0.867. The molecule has 0 aliphatic carbocycles. The molecule has 1 aromatic carbocycles. The number of rotatable bonds is 4. The molecule has 2 aromatic rings. The highest BCUT2D eigenvalue weighted by Crippen LogP contribution is 2.31. The summed E-state index contributed by atoms with van der Waals surface area (Å²) in [6.45, 7) is 9.37. The van der Waals surface area contributed by atoms with Crippen LogP contribution in [-0.2, 0) is 6.54 Å². The van der Waals surface area contributed by atoms with Crippen molar-refractivity contribution in [3.63, 3.8) is 0 Å². The van der Waals surface area contributed by atoms with Gasteiger partial charge in [-0.3, -0.25) is 0 Å². The number of aromatic hydroxyl groups is 1. The standard InChI is InChI=1S/C15H22N2O/c1-10(2)16-8-12-9-17(11(3)4)15-13(12)6-5-7-14(15)18/h5-7,9-11,16,18H,8H2,1-4H3. The van der Waals surface area contributed by atoms with Crippen molar-refractivity contribution in [3.05, 3.63) is 30.0 Å². The van der Waals surface area contributed by atoms with Crippen molar-refractivity contribution in [2.45, 2.75) is 46.3 Å². The second-order valence-electron chi connectivity index (χ2n) is 5.36. The molecule has 2 rings (SSSR count). The zero-order chi connectivity index (χ0) is 13.3. The average molecular weight is 246 g/mol. The number of para-hydroxylation sites is 1. The topological polar surface area (TPSA) is 37.2 Å². The fourth-order valence-electron chi connectivity index (χ4n) is 2.23. The van der Waals surface area contributed by atoms with E-state index in [2.05, 4.69) is 49.8 Å². The molecule has 1 aromatic heterocycles. The van der Waals surface area contributed by atoms with E-state index in [4.69, 9.17) is 0 Å². The minimum Gasteiger partial charge on any atom is -0.506 e. The maximum Gasteiger partial charge on any atom is 0.139 e. The lowest BCUT2D eigenvalue weighted by Gasteiger charge is -2.09. The highest BCUT2D eigenvalue weighted by molar-refractivity contribution is 5.89. The summed E-state index contributed by atoms with van der Waals surface area (Å²) in [5, 5.41) is 14.6. The Labute approximate surface area is 108 Å². The van der Waals surface area contributed by atoms with Crippen LogP contribution in [0.15, 0.2) is 24.4 Å². The molecule has 0 bridgehead atoms. The highest BCUT2D eigenvalue weighted by Gasteiger charge is 2.13. The van der Waals surface area contributed by atoms with Crippen LogP contribution >= 0.6 is 0 Å². The molecule has 1 heterocycles. The van der Waals surface area contributed by atoms with Gasteiger partial charge >= 0.3 is 0 Å². The van der Waals surface area contributed by atoms with E-state index in [1.54, 1.807) is 6.07 Å². The average Bonchev–Trinajstić information content (AvgIpc) is 2.67. The van der Waals surface area contributed by atoms with Crippen LogP contribution in [-0.4, -0.2) is 15.7 Å². The Balaban J connectivity index is 2.51. The number of hydrogen-bond donors (Lipinski definition) is 2. The van der Waals surface area contributed by atoms with Crippen LogP contribution < -0.4 is 5.32 Å². The smallest absolute Gasteiger partial charge is 0.139 e. The van der Waals surface area contributed by atoms with Crippen LogP contribution in [0, 0.1) is 0 Å². The Morgan fingerprint density at radius 3 is 2.56 bits per heavy atom. The monoisotopic (exact) mass is 246 g/mol. The van der Waals surface area contributed by atoms with Gasteiger partial charge in [0.25, 0.3) is 0 Å². The number of aromatic nitrogens is 1. The van der Waals surface area contributed by atoms with Crippen LogP contribution in [0.25, 0.3) is 10.9 Å². The summed E-state index contributed by atoms with van der Waals surface area (Å²) in [5.41, 5.74) is 2.18. The van der Waals surface area contributed by atoms with Crippen molar-refractivity contribution < 1.29 is 5.11 Å². The predicted molar refractivity (Wildman–Crippen MR) is 76.0 cm³/mol. The Morgan fingerprint density at radius 1 is 1.22 bits per heavy atom. The maximum atomic E-state index is 10.1. The van der Waals surface area contributed by atoms with Crippen molar-refractivity contribution in [1.82, 2.24) is 9.88 Å². The third-order valence-corrected chi connectivity index (χ3v) is 3.17. The molecule has 3 nitrogen and oxygen atoms in total. The molecule has 0 radical (unpaired) electrons. The SMILES string of the molecule is CC(C)NCc1cn(C(C)C)c2c(O)cccc12. The van der Waals surface area contributed by atoms with Crippen molar-refractivity contribution in [1.29, 1.82) is 0 Å². The Bertz CT molecular complexity index is 541. The molecule has 18 heavy (non-hydrogen) atoms. The van der Waals surface area contributed by atoms with Gasteiger partial charge < -0.3 is 15.0 Å². The zero-order valence-corrected chi connectivity index (χ0v) is 11.6. The molecule has 2 N–H and O–H groups in total. The van der Waals surface area contributed by atoms with E-state index < -0.39 is 0 Å². The van der Waals surface area contributed by atoms with Crippen LogP contribution in [0.4, 0.5) is 0 Å². The number of fused-ring (bicyclic) bond motifs is 1. The van der Waals surface area contributed by atoms with E-state index in [9.17, 15) is 5.11 Å². The largest absolute Gasteiger partial charge is 0.506 e. The molecule has 3 heteroatoms. The second kappa shape index (κ2) is 5.02. The van der Waals surface area contributed by atoms with Crippen LogP contribution in [0.1, 0.15) is 39.3 Å². The van der Waals surface area contributed by atoms with Gasteiger partial charge in [0.05, 0.1) is 5.52 Å². The van der Waals surface area contributed by atoms with Gasteiger partial charge in [0.15, 0.2) is 0 Å². The summed E-state index contributed by atoms with van der Waals surface area (Å²) in [6, 6.07) is 6.53. The Morgan fingerprint density at radius 2 is 1.94 bits per heavy atom. The lowest BCUT2D eigenvalue weighted by atomic mass is 10.1. The van der Waals surface area contributed by atoms with Gasteiger partial charge in [-0.15, -0.1) is 0 Å². The summed E-state index contributed by atoms with van der Waals surface area (Å²) in [7, 11) is 0. The van der Waals surface area contributed by atoms with Crippen molar-refractivity contribution in [3.8, 4) is 5.75 Å². The fourth-order valence-corrected chi connectivity index (χ4v) is 2.23. The van der Waals surface area contributed by atoms with Gasteiger partial charge in [-0.25, -0.2) is 0 Å². The van der Waals surface area contributed by atoms with Crippen molar-refractivity contribution in [2.24, 2.45) is 0 Å². The van der Waals surface area contributed by atoms with Crippen LogP contribution in [0.5, 0.6) is 5.75 Å². The predicted octanol–water partition coefficient (Wildman–Crippen LogP) is 3.43. The molecule has 0 spiro atoms. The molecule has 0 aliphatic rings. The van der Waals surface area contributed by atoms with E-state index in [1.165, 1.54) is 5.56 Å². The summed E-state index contributed by atoms with van der Waals surface area (Å²) in [5.74, 6) is 0.358. The molecule has 0 unspecified atom stereocenters. The van der Waals surface area contributed by atoms with Gasteiger partial charge in [-0.1, -0.05) is 26.0 Å². The first-order valence-electron chi connectivity index (χ1n) is 6.55. The van der Waals surface area contributed by atoms with Gasteiger partial charge in [0.2, 0.25) is 0 Å². The van der Waals surface area contributed by atoms with E-state index in [0.29, 0.717) is 17.8 Å². The third kappa shape index (κ3) is 2.36. The van der Waals surface area contributed by atoms with Crippen LogP contribution in [0.2, 0.25) is 0 Å². The molecule has 0 amide bonds. The van der Waals surface area contributed by atoms with Crippen LogP contribution in [0.3, 0.4) is 0 Å². The first-order chi connectivity index (χ1) is 8.50. The third-order valence-electron chi connectivity index (χ3n) is 3.17. The molecule has 0 aliphatic heterocycles. The molecule has 0 saturated carbocycles. The summed E-state index contributed by atoms with van der Waals surface area (Å²) in [6.07, 6.45) is 2.14. The number of phenolic OH excluding ortho intramolecular Hbond substituents is 1. The van der Waals surface area contributed by atoms with Crippen molar-refractivity contribution >= 4 is 10.9 Å². The molecular formula is C15H22N2O. The zero-order valence-electron chi connectivity index (χ0n) is 11.6. The minimum absolute atomic E-state index is 0.341. The van der Waals surface area contributed by atoms with Gasteiger partial charge in [-0.2, -0.15) is 0 Å². The lowest BCUT2D eigenvalue weighted by Crippen LogP contribution is -2.21. The van der Waals surface area contributed by atoms with E-state index in [0.717, 1.165) is 17.4 Å². The molecule has 0 saturated heterocycles. The number of hydrogen-bond acceptors (Lipinski definition) is 2. The molecule has 98 valence electrons. The van der Waals surface area contributed by atoms with Crippen molar-refractivity contribution in [2.75, 3.05) is 0 Å². The van der Waals surface area contributed by atoms with Gasteiger partial charge in [0, 0.05) is 30.2 Å². The first-order valence-corrected chi connectivity index (χ1v) is 6.55. The summed E-state index contributed by atoms with van der Waals surface area (Å²) < 4.78 is 2.14. The fraction of sp³-hybridized carbons (Fsp3) is 0.467. The second-order valence-corrected chi connectivity index (χ2v) is 5.36. The van der Waals surface area contributed by atoms with Gasteiger partial charge in [-0.05, 0) is 25.5 Å². The number of nitrogens with zero attached hydrogens (tertiary/aromatic N) is 1. The lowest BCUT2D eigenvalue weighted by molar-refractivity contribution is 0.475. The highest BCUT2D eigenvalue weighted by atomic mass is 16.3. The molecular weight excluding hydrogens is 224 g/mol. The summed E-state index contributed by atoms with van der Waals surface area (Å²) >= 11 is 0. The van der Waals surface area contributed by atoms with E-state index in [1.807, 2.05) is 6.07 Å². The molecule has 0 atom stereocenters. The van der Waals surface area contributed by atoms with E-state index in [-0.39, 0.29) is 0 Å². The number of phenols is 1.